The van der Waals surface area contributed by atoms with Gasteiger partial charge in [0.15, 0.2) is 0 Å². The Morgan fingerprint density at radius 1 is 1.07 bits per heavy atom. The zero-order valence-corrected chi connectivity index (χ0v) is 16.7. The average Bonchev–Trinajstić information content (AvgIpc) is 3.08. The number of hydrogen-bond donors (Lipinski definition) is 2. The van der Waals surface area contributed by atoms with Crippen molar-refractivity contribution in [2.24, 2.45) is 0 Å². The molecule has 0 radical (unpaired) electrons. The normalized spacial score (nSPS) is 11.8. The van der Waals surface area contributed by atoms with Crippen molar-refractivity contribution in [3.05, 3.63) is 67.1 Å². The molecular formula is C22H23ClN4O. The molecule has 1 aromatic carbocycles. The van der Waals surface area contributed by atoms with Crippen LogP contribution in [0.25, 0.3) is 33.4 Å². The first-order valence-electron chi connectivity index (χ1n) is 9.05. The standard InChI is InChI=1S/C22H22N4O.ClH/c1-15(13-23-2)27-19-14-24-12-10-17(19)21-20(16-7-4-3-5-8-16)22-18(26-21)9-6-11-25-22;/h3-12,14-15,23,26H,13H2,1-2H3;1H. The molecule has 0 amide bonds. The number of nitrogens with zero attached hydrogens (tertiary/aromatic N) is 2. The zero-order chi connectivity index (χ0) is 18.6. The number of fused-ring (bicyclic) bond motifs is 1. The van der Waals surface area contributed by atoms with E-state index in [2.05, 4.69) is 32.4 Å². The van der Waals surface area contributed by atoms with E-state index in [4.69, 9.17) is 4.74 Å². The number of ether oxygens (including phenoxy) is 1. The Bertz CT molecular complexity index is 1050. The fourth-order valence-electron chi connectivity index (χ4n) is 3.34. The Morgan fingerprint density at radius 2 is 1.89 bits per heavy atom. The van der Waals surface area contributed by atoms with E-state index in [1.54, 1.807) is 12.4 Å². The number of hydrogen-bond acceptors (Lipinski definition) is 4. The number of aromatic nitrogens is 3. The average molecular weight is 395 g/mol. The highest BCUT2D eigenvalue weighted by Crippen LogP contribution is 2.40. The Hall–Kier alpha value is -2.89. The van der Waals surface area contributed by atoms with Crippen molar-refractivity contribution in [3.63, 3.8) is 0 Å². The first-order valence-corrected chi connectivity index (χ1v) is 9.05. The summed E-state index contributed by atoms with van der Waals surface area (Å²) in [6.07, 6.45) is 5.42. The van der Waals surface area contributed by atoms with Crippen LogP contribution in [0.3, 0.4) is 0 Å². The second-order valence-electron chi connectivity index (χ2n) is 6.50. The molecular weight excluding hydrogens is 372 g/mol. The van der Waals surface area contributed by atoms with Crippen LogP contribution < -0.4 is 10.1 Å². The zero-order valence-electron chi connectivity index (χ0n) is 15.8. The smallest absolute Gasteiger partial charge is 0.147 e. The van der Waals surface area contributed by atoms with Crippen molar-refractivity contribution in [1.82, 2.24) is 20.3 Å². The van der Waals surface area contributed by atoms with E-state index in [9.17, 15) is 0 Å². The molecule has 0 saturated carbocycles. The van der Waals surface area contributed by atoms with E-state index in [1.165, 1.54) is 0 Å². The molecule has 1 atom stereocenters. The molecule has 4 aromatic rings. The van der Waals surface area contributed by atoms with Gasteiger partial charge in [-0.1, -0.05) is 30.3 Å². The Kier molecular flexibility index (Phi) is 6.29. The summed E-state index contributed by atoms with van der Waals surface area (Å²) in [5.41, 5.74) is 6.10. The van der Waals surface area contributed by atoms with Crippen LogP contribution >= 0.6 is 12.4 Å². The van der Waals surface area contributed by atoms with Gasteiger partial charge in [-0.15, -0.1) is 12.4 Å². The molecule has 0 saturated heterocycles. The molecule has 3 aromatic heterocycles. The van der Waals surface area contributed by atoms with E-state index < -0.39 is 0 Å². The number of pyridine rings is 2. The van der Waals surface area contributed by atoms with Gasteiger partial charge in [0.1, 0.15) is 11.9 Å². The molecule has 6 heteroatoms. The van der Waals surface area contributed by atoms with Crippen LogP contribution in [0.4, 0.5) is 0 Å². The molecule has 0 aliphatic carbocycles. The minimum Gasteiger partial charge on any atom is -0.487 e. The van der Waals surface area contributed by atoms with E-state index in [0.717, 1.165) is 45.7 Å². The number of benzene rings is 1. The van der Waals surface area contributed by atoms with Gasteiger partial charge in [-0.05, 0) is 37.7 Å². The van der Waals surface area contributed by atoms with Gasteiger partial charge >= 0.3 is 0 Å². The molecule has 2 N–H and O–H groups in total. The molecule has 5 nitrogen and oxygen atoms in total. The maximum atomic E-state index is 6.16. The van der Waals surface area contributed by atoms with Crippen molar-refractivity contribution in [3.8, 4) is 28.1 Å². The van der Waals surface area contributed by atoms with E-state index in [-0.39, 0.29) is 18.5 Å². The number of nitrogens with one attached hydrogen (secondary N) is 2. The molecule has 0 aliphatic rings. The predicted molar refractivity (Wildman–Crippen MR) is 116 cm³/mol. The molecule has 0 aliphatic heterocycles. The quantitative estimate of drug-likeness (QED) is 0.497. The molecule has 28 heavy (non-hydrogen) atoms. The second-order valence-corrected chi connectivity index (χ2v) is 6.50. The number of rotatable bonds is 6. The topological polar surface area (TPSA) is 62.8 Å². The van der Waals surface area contributed by atoms with Gasteiger partial charge in [0, 0.05) is 30.1 Å². The molecule has 144 valence electrons. The minimum atomic E-state index is 0. The lowest BCUT2D eigenvalue weighted by molar-refractivity contribution is 0.221. The van der Waals surface area contributed by atoms with Crippen molar-refractivity contribution >= 4 is 23.4 Å². The number of aromatic amines is 1. The second kappa shape index (κ2) is 8.87. The number of H-pyrrole nitrogens is 1. The molecule has 0 spiro atoms. The van der Waals surface area contributed by atoms with Gasteiger partial charge in [0.05, 0.1) is 22.9 Å². The third-order valence-corrected chi connectivity index (χ3v) is 4.49. The monoisotopic (exact) mass is 394 g/mol. The van der Waals surface area contributed by atoms with Gasteiger partial charge in [-0.2, -0.15) is 0 Å². The SMILES string of the molecule is CNCC(C)Oc1cnccc1-c1[nH]c2cccnc2c1-c1ccccc1.Cl. The first-order chi connectivity index (χ1) is 13.3. The molecule has 4 rings (SSSR count). The van der Waals surface area contributed by atoms with Gasteiger partial charge in [-0.3, -0.25) is 9.97 Å². The summed E-state index contributed by atoms with van der Waals surface area (Å²) in [7, 11) is 1.92. The summed E-state index contributed by atoms with van der Waals surface area (Å²) in [6, 6.07) is 16.3. The lowest BCUT2D eigenvalue weighted by Crippen LogP contribution is -2.26. The maximum absolute atomic E-state index is 6.16. The summed E-state index contributed by atoms with van der Waals surface area (Å²) < 4.78 is 6.16. The molecule has 3 heterocycles. The highest BCUT2D eigenvalue weighted by molar-refractivity contribution is 6.02. The van der Waals surface area contributed by atoms with Crippen LogP contribution in [0, 0.1) is 0 Å². The predicted octanol–water partition coefficient (Wildman–Crippen LogP) is 4.70. The van der Waals surface area contributed by atoms with E-state index in [1.807, 2.05) is 56.6 Å². The number of likely N-dealkylation sites (N-methyl/N-ethyl adjacent to an activating group) is 1. The van der Waals surface area contributed by atoms with Crippen LogP contribution in [0.1, 0.15) is 6.92 Å². The maximum Gasteiger partial charge on any atom is 0.147 e. The van der Waals surface area contributed by atoms with Crippen molar-refractivity contribution in [2.45, 2.75) is 13.0 Å². The summed E-state index contributed by atoms with van der Waals surface area (Å²) in [5.74, 6) is 0.754. The lowest BCUT2D eigenvalue weighted by atomic mass is 10.0. The summed E-state index contributed by atoms with van der Waals surface area (Å²) in [5, 5.41) is 3.14. The highest BCUT2D eigenvalue weighted by atomic mass is 35.5. The van der Waals surface area contributed by atoms with Crippen LogP contribution in [-0.4, -0.2) is 34.6 Å². The van der Waals surface area contributed by atoms with Crippen molar-refractivity contribution in [1.29, 1.82) is 0 Å². The Labute approximate surface area is 170 Å². The molecule has 0 bridgehead atoms. The first kappa shape index (κ1) is 19.9. The van der Waals surface area contributed by atoms with Crippen LogP contribution in [-0.2, 0) is 0 Å². The highest BCUT2D eigenvalue weighted by Gasteiger charge is 2.19. The fourth-order valence-corrected chi connectivity index (χ4v) is 3.34. The van der Waals surface area contributed by atoms with Gasteiger partial charge in [0.2, 0.25) is 0 Å². The van der Waals surface area contributed by atoms with Gasteiger partial charge in [0.25, 0.3) is 0 Å². The van der Waals surface area contributed by atoms with Crippen molar-refractivity contribution < 1.29 is 4.74 Å². The number of halogens is 1. The minimum absolute atomic E-state index is 0. The van der Waals surface area contributed by atoms with Crippen LogP contribution in [0.5, 0.6) is 5.75 Å². The van der Waals surface area contributed by atoms with Gasteiger partial charge < -0.3 is 15.0 Å². The molecule has 1 unspecified atom stereocenters. The van der Waals surface area contributed by atoms with E-state index in [0.29, 0.717) is 0 Å². The summed E-state index contributed by atoms with van der Waals surface area (Å²) in [4.78, 5) is 12.4. The third kappa shape index (κ3) is 3.86. The Morgan fingerprint density at radius 3 is 2.68 bits per heavy atom. The van der Waals surface area contributed by atoms with Gasteiger partial charge in [-0.25, -0.2) is 0 Å². The fraction of sp³-hybridized carbons (Fsp3) is 0.182. The summed E-state index contributed by atoms with van der Waals surface area (Å²) in [6.45, 7) is 2.80. The summed E-state index contributed by atoms with van der Waals surface area (Å²) >= 11 is 0. The third-order valence-electron chi connectivity index (χ3n) is 4.49. The van der Waals surface area contributed by atoms with Crippen LogP contribution in [0.2, 0.25) is 0 Å². The lowest BCUT2D eigenvalue weighted by Gasteiger charge is -2.17. The largest absolute Gasteiger partial charge is 0.487 e. The molecule has 0 fully saturated rings. The van der Waals surface area contributed by atoms with Crippen LogP contribution in [0.15, 0.2) is 67.1 Å². The Balaban J connectivity index is 0.00000225. The van der Waals surface area contributed by atoms with Crippen molar-refractivity contribution in [2.75, 3.05) is 13.6 Å². The van der Waals surface area contributed by atoms with E-state index >= 15 is 0 Å².